The average molecular weight is 186 g/mol. The molecule has 0 saturated heterocycles. The first kappa shape index (κ1) is 11.6. The lowest BCUT2D eigenvalue weighted by Gasteiger charge is -2.14. The molecule has 0 heterocycles. The lowest BCUT2D eigenvalue weighted by molar-refractivity contribution is -0.00000246. The quantitative estimate of drug-likeness (QED) is 0.552. The van der Waals surface area contributed by atoms with Crippen LogP contribution in [-0.4, -0.2) is 19.5 Å². The third-order valence-electron chi connectivity index (χ3n) is 2.25. The zero-order chi connectivity index (χ0) is 8.32. The lowest BCUT2D eigenvalue weighted by Crippen LogP contribution is -3.00. The molecule has 0 atom stereocenters. The van der Waals surface area contributed by atoms with Crippen molar-refractivity contribution in [2.24, 2.45) is 0 Å². The molecule has 0 aliphatic rings. The highest BCUT2D eigenvalue weighted by atomic mass is 31.2. The van der Waals surface area contributed by atoms with Crippen LogP contribution < -0.4 is 10.0 Å². The predicted octanol–water partition coefficient (Wildman–Crippen LogP) is -0.387. The van der Waals surface area contributed by atoms with Crippen LogP contribution in [0, 0.1) is 0 Å². The molecule has 0 radical (unpaired) electrons. The van der Waals surface area contributed by atoms with E-state index in [1.54, 1.807) is 5.30 Å². The Kier molecular flexibility index (Phi) is 4.41. The monoisotopic (exact) mass is 186 g/mol. The molecule has 68 valence electrons. The Hall–Kier alpha value is -0.420. The van der Waals surface area contributed by atoms with Gasteiger partial charge in [0.25, 0.3) is 0 Å². The SMILES string of the molecule is CC[P+](C)(C)c1ccccc1.[F-]. The van der Waals surface area contributed by atoms with Gasteiger partial charge in [-0.3, -0.25) is 0 Å². The number of rotatable bonds is 2. The van der Waals surface area contributed by atoms with Crippen LogP contribution in [0.2, 0.25) is 0 Å². The van der Waals surface area contributed by atoms with E-state index in [9.17, 15) is 0 Å². The van der Waals surface area contributed by atoms with Crippen molar-refractivity contribution in [2.45, 2.75) is 6.92 Å². The van der Waals surface area contributed by atoms with E-state index >= 15 is 0 Å². The van der Waals surface area contributed by atoms with Gasteiger partial charge in [-0.15, -0.1) is 0 Å². The van der Waals surface area contributed by atoms with Crippen molar-refractivity contribution in [2.75, 3.05) is 19.5 Å². The van der Waals surface area contributed by atoms with Crippen LogP contribution >= 0.6 is 7.26 Å². The van der Waals surface area contributed by atoms with Gasteiger partial charge >= 0.3 is 0 Å². The Labute approximate surface area is 74.7 Å². The Bertz CT molecular complexity index is 219. The lowest BCUT2D eigenvalue weighted by atomic mass is 10.4. The molecule has 2 heteroatoms. The Balaban J connectivity index is 0.00000121. The van der Waals surface area contributed by atoms with Gasteiger partial charge in [-0.25, -0.2) is 0 Å². The third kappa shape index (κ3) is 2.57. The van der Waals surface area contributed by atoms with Crippen molar-refractivity contribution in [1.82, 2.24) is 0 Å². The van der Waals surface area contributed by atoms with E-state index in [0.717, 1.165) is 0 Å². The molecular formula is C10H16FP. The summed E-state index contributed by atoms with van der Waals surface area (Å²) < 4.78 is 0. The molecular weight excluding hydrogens is 170 g/mol. The molecule has 0 amide bonds. The number of halogens is 1. The molecule has 1 aromatic carbocycles. The Morgan fingerprint density at radius 2 is 1.58 bits per heavy atom. The van der Waals surface area contributed by atoms with E-state index in [1.165, 1.54) is 6.16 Å². The molecule has 0 spiro atoms. The minimum atomic E-state index is -0.776. The summed E-state index contributed by atoms with van der Waals surface area (Å²) in [4.78, 5) is 0. The molecule has 0 aromatic heterocycles. The van der Waals surface area contributed by atoms with E-state index in [-0.39, 0.29) is 4.70 Å². The maximum Gasteiger partial charge on any atom is 0.0933 e. The molecule has 1 aromatic rings. The second kappa shape index (κ2) is 4.57. The largest absolute Gasteiger partial charge is 1.00 e. The molecule has 12 heavy (non-hydrogen) atoms. The Morgan fingerprint density at radius 3 is 2.00 bits per heavy atom. The fourth-order valence-corrected chi connectivity index (χ4v) is 2.36. The summed E-state index contributed by atoms with van der Waals surface area (Å²) in [6, 6.07) is 10.8. The van der Waals surface area contributed by atoms with E-state index < -0.39 is 7.26 Å². The molecule has 0 aliphatic heterocycles. The highest BCUT2D eigenvalue weighted by Gasteiger charge is 2.24. The van der Waals surface area contributed by atoms with Crippen LogP contribution in [0.3, 0.4) is 0 Å². The molecule has 0 bridgehead atoms. The summed E-state index contributed by atoms with van der Waals surface area (Å²) in [6.45, 7) is 7.06. The first-order valence-corrected chi connectivity index (χ1v) is 6.92. The normalized spacial score (nSPS) is 10.6. The van der Waals surface area contributed by atoms with Crippen LogP contribution in [0.1, 0.15) is 6.92 Å². The van der Waals surface area contributed by atoms with Crippen molar-refractivity contribution < 1.29 is 4.70 Å². The zero-order valence-electron chi connectivity index (χ0n) is 7.92. The Morgan fingerprint density at radius 1 is 1.08 bits per heavy atom. The molecule has 0 aliphatic carbocycles. The minimum Gasteiger partial charge on any atom is -1.00 e. The standard InChI is InChI=1S/C10H16P.FH/c1-4-11(2,3)10-8-6-5-7-9-10;/h5-9H,4H2,1-3H3;1H/q+1;/p-1. The highest BCUT2D eigenvalue weighted by molar-refractivity contribution is 7.81. The van der Waals surface area contributed by atoms with Gasteiger partial charge in [0, 0.05) is 7.26 Å². The second-order valence-corrected chi connectivity index (χ2v) is 7.86. The maximum atomic E-state index is 2.39. The predicted molar refractivity (Wildman–Crippen MR) is 55.4 cm³/mol. The van der Waals surface area contributed by atoms with Gasteiger partial charge in [-0.2, -0.15) is 0 Å². The van der Waals surface area contributed by atoms with Crippen molar-refractivity contribution in [3.63, 3.8) is 0 Å². The average Bonchev–Trinajstić information content (AvgIpc) is 2.06. The molecule has 1 rings (SSSR count). The molecule has 0 unspecified atom stereocenters. The van der Waals surface area contributed by atoms with Crippen LogP contribution in [0.5, 0.6) is 0 Å². The maximum absolute atomic E-state index is 2.39. The van der Waals surface area contributed by atoms with Gasteiger partial charge in [-0.05, 0) is 19.1 Å². The van der Waals surface area contributed by atoms with Crippen molar-refractivity contribution in [3.05, 3.63) is 30.3 Å². The van der Waals surface area contributed by atoms with Gasteiger partial charge < -0.3 is 4.70 Å². The minimum absolute atomic E-state index is 0. The number of benzene rings is 1. The summed E-state index contributed by atoms with van der Waals surface area (Å²) in [6.07, 6.45) is 1.30. The van der Waals surface area contributed by atoms with Gasteiger partial charge in [-0.1, -0.05) is 18.2 Å². The summed E-state index contributed by atoms with van der Waals surface area (Å²) >= 11 is 0. The van der Waals surface area contributed by atoms with Crippen molar-refractivity contribution >= 4 is 12.6 Å². The fourth-order valence-electron chi connectivity index (χ4n) is 1.01. The van der Waals surface area contributed by atoms with Gasteiger partial charge in [0.05, 0.1) is 24.8 Å². The zero-order valence-corrected chi connectivity index (χ0v) is 8.81. The highest BCUT2D eigenvalue weighted by Crippen LogP contribution is 2.48. The van der Waals surface area contributed by atoms with E-state index in [1.807, 2.05) is 0 Å². The third-order valence-corrected chi connectivity index (χ3v) is 5.52. The van der Waals surface area contributed by atoms with E-state index in [4.69, 9.17) is 0 Å². The summed E-state index contributed by atoms with van der Waals surface area (Å²) in [5, 5.41) is 1.54. The molecule has 0 fully saturated rings. The smallest absolute Gasteiger partial charge is 0.0933 e. The van der Waals surface area contributed by atoms with Gasteiger partial charge in [0.2, 0.25) is 0 Å². The molecule has 0 nitrogen and oxygen atoms in total. The van der Waals surface area contributed by atoms with Crippen LogP contribution in [0.25, 0.3) is 0 Å². The van der Waals surface area contributed by atoms with Crippen LogP contribution in [0.4, 0.5) is 0 Å². The van der Waals surface area contributed by atoms with Crippen LogP contribution in [-0.2, 0) is 0 Å². The van der Waals surface area contributed by atoms with Gasteiger partial charge in [0.15, 0.2) is 0 Å². The van der Waals surface area contributed by atoms with Crippen molar-refractivity contribution in [3.8, 4) is 0 Å². The summed E-state index contributed by atoms with van der Waals surface area (Å²) in [5.74, 6) is 0. The van der Waals surface area contributed by atoms with E-state index in [0.29, 0.717) is 0 Å². The summed E-state index contributed by atoms with van der Waals surface area (Å²) in [5.41, 5.74) is 0. The first-order valence-electron chi connectivity index (χ1n) is 4.05. The number of hydrogen-bond donors (Lipinski definition) is 0. The first-order chi connectivity index (χ1) is 5.17. The molecule has 0 saturated carbocycles. The van der Waals surface area contributed by atoms with Crippen LogP contribution in [0.15, 0.2) is 30.3 Å². The van der Waals surface area contributed by atoms with E-state index in [2.05, 4.69) is 50.6 Å². The fraction of sp³-hybridized carbons (Fsp3) is 0.400. The number of hydrogen-bond acceptors (Lipinski definition) is 0. The van der Waals surface area contributed by atoms with Gasteiger partial charge in [0.1, 0.15) is 0 Å². The topological polar surface area (TPSA) is 0 Å². The summed E-state index contributed by atoms with van der Waals surface area (Å²) in [7, 11) is -0.776. The second-order valence-electron chi connectivity index (χ2n) is 3.34. The van der Waals surface area contributed by atoms with Crippen molar-refractivity contribution in [1.29, 1.82) is 0 Å². The molecule has 0 N–H and O–H groups in total.